The van der Waals surface area contributed by atoms with Gasteiger partial charge >= 0.3 is 0 Å². The van der Waals surface area contributed by atoms with Crippen molar-refractivity contribution in [3.63, 3.8) is 0 Å². The van der Waals surface area contributed by atoms with Crippen LogP contribution in [-0.2, 0) is 20.8 Å². The number of hydrogen-bond acceptors (Lipinski definition) is 9. The molecule has 0 amide bonds. The van der Waals surface area contributed by atoms with E-state index >= 15 is 0 Å². The molecular weight excluding hydrogens is 440 g/mol. The van der Waals surface area contributed by atoms with Gasteiger partial charge in [0, 0.05) is 17.5 Å². The lowest BCUT2D eigenvalue weighted by Gasteiger charge is -2.48. The van der Waals surface area contributed by atoms with E-state index in [9.17, 15) is 34.8 Å². The van der Waals surface area contributed by atoms with Crippen molar-refractivity contribution in [3.8, 4) is 5.75 Å². The highest BCUT2D eigenvalue weighted by Gasteiger charge is 2.62. The van der Waals surface area contributed by atoms with Gasteiger partial charge in [-0.3, -0.25) is 19.3 Å². The molecule has 0 radical (unpaired) electrons. The lowest BCUT2D eigenvalue weighted by atomic mass is 9.57. The number of benzene rings is 1. The topological polar surface area (TPSA) is 161 Å². The van der Waals surface area contributed by atoms with Gasteiger partial charge in [0.1, 0.15) is 22.8 Å². The lowest BCUT2D eigenvalue weighted by molar-refractivity contribution is -0.149. The van der Waals surface area contributed by atoms with E-state index in [1.165, 1.54) is 0 Å². The Morgan fingerprint density at radius 1 is 1.21 bits per heavy atom. The van der Waals surface area contributed by atoms with Crippen LogP contribution in [0.15, 0.2) is 29.0 Å². The number of phenols is 1. The van der Waals surface area contributed by atoms with Crippen LogP contribution in [0.5, 0.6) is 5.75 Å². The van der Waals surface area contributed by atoms with Crippen LogP contribution in [0, 0.1) is 11.8 Å². The molecule has 0 aromatic heterocycles. The molecule has 1 aliphatic heterocycles. The summed E-state index contributed by atoms with van der Waals surface area (Å²) in [6.45, 7) is 1.99. The summed E-state index contributed by atoms with van der Waals surface area (Å²) < 4.78 is 0. The zero-order chi connectivity index (χ0) is 24.7. The predicted molar refractivity (Wildman–Crippen MR) is 121 cm³/mol. The third-order valence-electron chi connectivity index (χ3n) is 8.09. The standard InChI is InChI=1S/C25H28N2O7/c1-10(28)17-22(31)20(26)14-8-13-7-12-6-11(15-4-3-5-27(15)2)9-16(29)18(12)21(30)19(13)24(33)25(14,34)23(17)32/h6,9,13-15,20,29-30,32,34H,3-5,7-8,26H2,1-2H3/t13-,14-,15?,20-,25+/m0/s1. The first-order chi connectivity index (χ1) is 16.0. The zero-order valence-corrected chi connectivity index (χ0v) is 19.0. The number of aliphatic hydroxyl groups excluding tert-OH is 2. The van der Waals surface area contributed by atoms with E-state index in [2.05, 4.69) is 4.90 Å². The molecule has 2 fully saturated rings. The van der Waals surface area contributed by atoms with Crippen LogP contribution in [0.2, 0.25) is 0 Å². The molecule has 180 valence electrons. The smallest absolute Gasteiger partial charge is 0.202 e. The largest absolute Gasteiger partial charge is 0.508 e. The Kier molecular flexibility index (Phi) is 5.02. The molecule has 0 spiro atoms. The highest BCUT2D eigenvalue weighted by Crippen LogP contribution is 2.52. The fraction of sp³-hybridized carbons (Fsp3) is 0.480. The second-order valence-electron chi connectivity index (χ2n) is 9.98. The Balaban J connectivity index is 1.65. The number of ketones is 3. The SMILES string of the molecule is CC(=O)C1=C(O)[C@@]2(O)C(=O)C3=C(O)c4c(O)cc(C5CCCN5C)cc4C[C@H]3C[C@H]2[C@H](N)C1=O. The quantitative estimate of drug-likeness (QED) is 0.402. The summed E-state index contributed by atoms with van der Waals surface area (Å²) in [4.78, 5) is 40.4. The van der Waals surface area contributed by atoms with Crippen LogP contribution in [-0.4, -0.2) is 67.9 Å². The first kappa shape index (κ1) is 22.8. The number of rotatable bonds is 2. The van der Waals surface area contributed by atoms with E-state index in [4.69, 9.17) is 5.73 Å². The minimum Gasteiger partial charge on any atom is -0.508 e. The second-order valence-corrected chi connectivity index (χ2v) is 9.98. The van der Waals surface area contributed by atoms with E-state index < -0.39 is 57.9 Å². The Labute approximate surface area is 196 Å². The summed E-state index contributed by atoms with van der Waals surface area (Å²) in [5.41, 5.74) is 4.36. The van der Waals surface area contributed by atoms with Crippen molar-refractivity contribution in [2.75, 3.05) is 13.6 Å². The molecule has 9 nitrogen and oxygen atoms in total. The fourth-order valence-electron chi connectivity index (χ4n) is 6.39. The Morgan fingerprint density at radius 2 is 1.91 bits per heavy atom. The Bertz CT molecular complexity index is 1220. The number of fused-ring (bicyclic) bond motifs is 3. The fourth-order valence-corrected chi connectivity index (χ4v) is 6.39. The van der Waals surface area contributed by atoms with Crippen LogP contribution in [0.1, 0.15) is 48.9 Å². The molecule has 1 unspecified atom stereocenters. The van der Waals surface area contributed by atoms with Gasteiger partial charge in [-0.2, -0.15) is 0 Å². The van der Waals surface area contributed by atoms with Gasteiger partial charge in [0.25, 0.3) is 0 Å². The minimum atomic E-state index is -2.60. The van der Waals surface area contributed by atoms with E-state index in [0.717, 1.165) is 31.9 Å². The molecular formula is C25H28N2O7. The van der Waals surface area contributed by atoms with Gasteiger partial charge in [-0.05, 0) is 69.3 Å². The first-order valence-electron chi connectivity index (χ1n) is 11.5. The molecule has 5 rings (SSSR count). The first-order valence-corrected chi connectivity index (χ1v) is 11.5. The van der Waals surface area contributed by atoms with Crippen molar-refractivity contribution in [2.45, 2.75) is 50.3 Å². The van der Waals surface area contributed by atoms with Crippen LogP contribution >= 0.6 is 0 Å². The van der Waals surface area contributed by atoms with Crippen LogP contribution in [0.3, 0.4) is 0 Å². The number of nitrogens with zero attached hydrogens (tertiary/aromatic N) is 1. The molecule has 1 saturated heterocycles. The van der Waals surface area contributed by atoms with E-state index in [1.54, 1.807) is 6.07 Å². The number of carbonyl (C=O) groups excluding carboxylic acids is 3. The summed E-state index contributed by atoms with van der Waals surface area (Å²) in [7, 11) is 2.01. The van der Waals surface area contributed by atoms with Crippen molar-refractivity contribution in [1.82, 2.24) is 4.90 Å². The van der Waals surface area contributed by atoms with Crippen LogP contribution in [0.4, 0.5) is 0 Å². The van der Waals surface area contributed by atoms with Crippen LogP contribution in [0.25, 0.3) is 5.76 Å². The number of likely N-dealkylation sites (tertiary alicyclic amines) is 1. The highest BCUT2D eigenvalue weighted by molar-refractivity contribution is 6.24. The molecule has 0 bridgehead atoms. The van der Waals surface area contributed by atoms with Gasteiger partial charge in [-0.15, -0.1) is 0 Å². The molecule has 4 aliphatic rings. The number of nitrogens with two attached hydrogens (primary N) is 1. The summed E-state index contributed by atoms with van der Waals surface area (Å²) >= 11 is 0. The van der Waals surface area contributed by atoms with Crippen molar-refractivity contribution >= 4 is 23.1 Å². The van der Waals surface area contributed by atoms with E-state index in [-0.39, 0.29) is 35.8 Å². The summed E-state index contributed by atoms with van der Waals surface area (Å²) in [6.07, 6.45) is 2.31. The average Bonchev–Trinajstić information content (AvgIpc) is 3.19. The number of hydrogen-bond donors (Lipinski definition) is 5. The molecule has 3 aliphatic carbocycles. The number of phenolic OH excluding ortho intramolecular Hbond substituents is 1. The highest BCUT2D eigenvalue weighted by atomic mass is 16.3. The van der Waals surface area contributed by atoms with Gasteiger partial charge in [-0.25, -0.2) is 0 Å². The second kappa shape index (κ2) is 7.49. The van der Waals surface area contributed by atoms with Gasteiger partial charge in [0.2, 0.25) is 5.78 Å². The third kappa shape index (κ3) is 2.87. The van der Waals surface area contributed by atoms with Crippen molar-refractivity contribution in [2.24, 2.45) is 17.6 Å². The third-order valence-corrected chi connectivity index (χ3v) is 8.09. The van der Waals surface area contributed by atoms with Crippen LogP contribution < -0.4 is 5.73 Å². The van der Waals surface area contributed by atoms with Gasteiger partial charge in [-0.1, -0.05) is 6.07 Å². The summed E-state index contributed by atoms with van der Waals surface area (Å²) in [5.74, 6) is -6.01. The maximum Gasteiger partial charge on any atom is 0.202 e. The van der Waals surface area contributed by atoms with E-state index in [0.29, 0.717) is 5.56 Å². The van der Waals surface area contributed by atoms with Crippen molar-refractivity contribution in [3.05, 3.63) is 45.7 Å². The monoisotopic (exact) mass is 468 g/mol. The van der Waals surface area contributed by atoms with Gasteiger partial charge < -0.3 is 26.2 Å². The summed E-state index contributed by atoms with van der Waals surface area (Å²) in [6, 6.07) is 2.30. The van der Waals surface area contributed by atoms with Gasteiger partial charge in [0.05, 0.1) is 11.6 Å². The predicted octanol–water partition coefficient (Wildman–Crippen LogP) is 1.23. The minimum absolute atomic E-state index is 0.0392. The maximum absolute atomic E-state index is 13.6. The molecule has 1 saturated carbocycles. The number of aliphatic hydroxyl groups is 3. The molecule has 5 atom stereocenters. The van der Waals surface area contributed by atoms with Crippen molar-refractivity contribution in [1.29, 1.82) is 0 Å². The summed E-state index contributed by atoms with van der Waals surface area (Å²) in [5, 5.41) is 44.0. The molecule has 1 heterocycles. The maximum atomic E-state index is 13.6. The molecule has 1 aromatic carbocycles. The number of aromatic hydroxyl groups is 1. The molecule has 1 aromatic rings. The average molecular weight is 469 g/mol. The van der Waals surface area contributed by atoms with E-state index in [1.807, 2.05) is 13.1 Å². The Hall–Kier alpha value is -3.01. The number of Topliss-reactive ketones (excluding diaryl/α,β-unsaturated/α-hetero) is 3. The lowest BCUT2D eigenvalue weighted by Crippen LogP contribution is -2.64. The zero-order valence-electron chi connectivity index (χ0n) is 19.0. The molecule has 34 heavy (non-hydrogen) atoms. The molecule has 6 N–H and O–H groups in total. The number of carbonyl (C=O) groups is 3. The Morgan fingerprint density at radius 3 is 2.53 bits per heavy atom. The van der Waals surface area contributed by atoms with Crippen molar-refractivity contribution < 1.29 is 34.8 Å². The molecule has 9 heteroatoms. The normalized spacial score (nSPS) is 33.6. The van der Waals surface area contributed by atoms with Gasteiger partial charge in [0.15, 0.2) is 17.2 Å².